The van der Waals surface area contributed by atoms with Crippen LogP contribution in [-0.2, 0) is 7.05 Å². The number of rotatable bonds is 4. The Hall–Kier alpha value is -2.53. The highest BCUT2D eigenvalue weighted by molar-refractivity contribution is 5.97. The van der Waals surface area contributed by atoms with E-state index in [1.165, 1.54) is 0 Å². The van der Waals surface area contributed by atoms with Gasteiger partial charge in [-0.2, -0.15) is 0 Å². The summed E-state index contributed by atoms with van der Waals surface area (Å²) in [4.78, 5) is 12.2. The SMILES string of the molecule is Cn1c(C(=O)NC[C@H](O)c2ccccc2)cc2occc21. The zero-order valence-electron chi connectivity index (χ0n) is 11.6. The summed E-state index contributed by atoms with van der Waals surface area (Å²) in [6.45, 7) is 0.162. The van der Waals surface area contributed by atoms with E-state index in [2.05, 4.69) is 5.32 Å². The molecule has 2 heterocycles. The van der Waals surface area contributed by atoms with Gasteiger partial charge < -0.3 is 19.4 Å². The third kappa shape index (κ3) is 2.55. The molecule has 5 heteroatoms. The second kappa shape index (κ2) is 5.46. The molecule has 0 unspecified atom stereocenters. The van der Waals surface area contributed by atoms with Crippen LogP contribution >= 0.6 is 0 Å². The molecule has 2 aromatic heterocycles. The maximum atomic E-state index is 12.2. The smallest absolute Gasteiger partial charge is 0.268 e. The van der Waals surface area contributed by atoms with Gasteiger partial charge in [0.25, 0.3) is 5.91 Å². The van der Waals surface area contributed by atoms with Gasteiger partial charge in [-0.1, -0.05) is 30.3 Å². The molecule has 0 spiro atoms. The second-order valence-electron chi connectivity index (χ2n) is 4.90. The number of furan rings is 1. The molecule has 0 aliphatic rings. The Balaban J connectivity index is 1.69. The maximum Gasteiger partial charge on any atom is 0.268 e. The predicted octanol–water partition coefficient (Wildman–Crippen LogP) is 2.23. The molecular weight excluding hydrogens is 268 g/mol. The maximum absolute atomic E-state index is 12.2. The van der Waals surface area contributed by atoms with Crippen molar-refractivity contribution in [1.82, 2.24) is 9.88 Å². The fourth-order valence-electron chi connectivity index (χ4n) is 2.34. The Morgan fingerprint density at radius 3 is 2.81 bits per heavy atom. The molecular formula is C16H16N2O3. The second-order valence-corrected chi connectivity index (χ2v) is 4.90. The molecule has 3 aromatic rings. The Bertz CT molecular complexity index is 758. The van der Waals surface area contributed by atoms with Gasteiger partial charge in [0, 0.05) is 25.7 Å². The highest BCUT2D eigenvalue weighted by Crippen LogP contribution is 2.19. The van der Waals surface area contributed by atoms with Crippen LogP contribution in [0.1, 0.15) is 22.2 Å². The third-order valence-corrected chi connectivity index (χ3v) is 3.54. The van der Waals surface area contributed by atoms with Gasteiger partial charge in [0.2, 0.25) is 0 Å². The lowest BCUT2D eigenvalue weighted by atomic mass is 10.1. The lowest BCUT2D eigenvalue weighted by molar-refractivity contribution is 0.0908. The number of hydrogen-bond donors (Lipinski definition) is 2. The van der Waals surface area contributed by atoms with Crippen molar-refractivity contribution in [3.8, 4) is 0 Å². The molecule has 0 aliphatic carbocycles. The number of aryl methyl sites for hydroxylation is 1. The molecule has 2 N–H and O–H groups in total. The molecule has 0 saturated heterocycles. The van der Waals surface area contributed by atoms with Crippen LogP contribution in [-0.4, -0.2) is 22.1 Å². The van der Waals surface area contributed by atoms with Crippen molar-refractivity contribution in [1.29, 1.82) is 0 Å². The number of nitrogens with one attached hydrogen (secondary N) is 1. The van der Waals surface area contributed by atoms with E-state index in [-0.39, 0.29) is 12.5 Å². The van der Waals surface area contributed by atoms with E-state index >= 15 is 0 Å². The number of carbonyl (C=O) groups is 1. The van der Waals surface area contributed by atoms with Crippen LogP contribution in [0.5, 0.6) is 0 Å². The summed E-state index contributed by atoms with van der Waals surface area (Å²) in [5.74, 6) is -0.237. The summed E-state index contributed by atoms with van der Waals surface area (Å²) in [5, 5.41) is 12.8. The molecule has 0 radical (unpaired) electrons. The van der Waals surface area contributed by atoms with Gasteiger partial charge in [0.1, 0.15) is 5.69 Å². The van der Waals surface area contributed by atoms with Crippen molar-refractivity contribution in [3.63, 3.8) is 0 Å². The monoisotopic (exact) mass is 284 g/mol. The number of carbonyl (C=O) groups excluding carboxylic acids is 1. The normalized spacial score (nSPS) is 12.5. The first-order valence-corrected chi connectivity index (χ1v) is 6.71. The molecule has 1 amide bonds. The molecule has 0 bridgehead atoms. The van der Waals surface area contributed by atoms with Gasteiger partial charge >= 0.3 is 0 Å². The standard InChI is InChI=1S/C16H16N2O3/c1-18-12-7-8-21-15(12)9-13(18)16(20)17-10-14(19)11-5-3-2-4-6-11/h2-9,14,19H,10H2,1H3,(H,17,20)/t14-/m0/s1. The lowest BCUT2D eigenvalue weighted by Gasteiger charge is -2.12. The van der Waals surface area contributed by atoms with Gasteiger partial charge in [-0.25, -0.2) is 0 Å². The van der Waals surface area contributed by atoms with Gasteiger partial charge in [0.05, 0.1) is 17.9 Å². The van der Waals surface area contributed by atoms with Crippen LogP contribution in [0.2, 0.25) is 0 Å². The fraction of sp³-hybridized carbons (Fsp3) is 0.188. The Kier molecular flexibility index (Phi) is 3.50. The van der Waals surface area contributed by atoms with E-state index < -0.39 is 6.10 Å². The van der Waals surface area contributed by atoms with Crippen molar-refractivity contribution < 1.29 is 14.3 Å². The highest BCUT2D eigenvalue weighted by atomic mass is 16.3. The van der Waals surface area contributed by atoms with Crippen LogP contribution in [0, 0.1) is 0 Å². The van der Waals surface area contributed by atoms with Crippen molar-refractivity contribution in [2.75, 3.05) is 6.54 Å². The zero-order chi connectivity index (χ0) is 14.8. The predicted molar refractivity (Wildman–Crippen MR) is 78.9 cm³/mol. The molecule has 1 atom stereocenters. The van der Waals surface area contributed by atoms with E-state index in [1.807, 2.05) is 36.4 Å². The first-order valence-electron chi connectivity index (χ1n) is 6.71. The van der Waals surface area contributed by atoms with Crippen LogP contribution < -0.4 is 5.32 Å². The Morgan fingerprint density at radius 2 is 2.10 bits per heavy atom. The molecule has 0 saturated carbocycles. The summed E-state index contributed by atoms with van der Waals surface area (Å²) >= 11 is 0. The van der Waals surface area contributed by atoms with Crippen LogP contribution in [0.15, 0.2) is 53.1 Å². The molecule has 0 aliphatic heterocycles. The molecule has 21 heavy (non-hydrogen) atoms. The summed E-state index contributed by atoms with van der Waals surface area (Å²) in [6.07, 6.45) is 0.865. The molecule has 5 nitrogen and oxygen atoms in total. The van der Waals surface area contributed by atoms with Crippen molar-refractivity contribution in [2.24, 2.45) is 7.05 Å². The summed E-state index contributed by atoms with van der Waals surface area (Å²) in [7, 11) is 1.81. The molecule has 1 aromatic carbocycles. The minimum atomic E-state index is -0.724. The number of benzene rings is 1. The van der Waals surface area contributed by atoms with E-state index in [1.54, 1.807) is 23.9 Å². The van der Waals surface area contributed by atoms with Crippen LogP contribution in [0.3, 0.4) is 0 Å². The quantitative estimate of drug-likeness (QED) is 0.772. The van der Waals surface area contributed by atoms with Gasteiger partial charge in [-0.05, 0) is 5.56 Å². The summed E-state index contributed by atoms with van der Waals surface area (Å²) in [6, 6.07) is 12.7. The number of nitrogens with zero attached hydrogens (tertiary/aromatic N) is 1. The fourth-order valence-corrected chi connectivity index (χ4v) is 2.34. The highest BCUT2D eigenvalue weighted by Gasteiger charge is 2.16. The number of fused-ring (bicyclic) bond motifs is 1. The molecule has 108 valence electrons. The van der Waals surface area contributed by atoms with E-state index in [0.29, 0.717) is 11.3 Å². The van der Waals surface area contributed by atoms with E-state index in [0.717, 1.165) is 11.1 Å². The van der Waals surface area contributed by atoms with Crippen LogP contribution in [0.25, 0.3) is 11.1 Å². The van der Waals surface area contributed by atoms with Crippen molar-refractivity contribution in [2.45, 2.75) is 6.10 Å². The first kappa shape index (κ1) is 13.5. The zero-order valence-corrected chi connectivity index (χ0v) is 11.6. The van der Waals surface area contributed by atoms with Gasteiger partial charge in [0.15, 0.2) is 5.58 Å². The molecule has 0 fully saturated rings. The average molecular weight is 284 g/mol. The van der Waals surface area contributed by atoms with E-state index in [4.69, 9.17) is 4.42 Å². The summed E-state index contributed by atoms with van der Waals surface area (Å²) in [5.41, 5.74) is 2.82. The number of aliphatic hydroxyl groups excluding tert-OH is 1. The topological polar surface area (TPSA) is 67.4 Å². The minimum Gasteiger partial charge on any atom is -0.463 e. The number of hydrogen-bond acceptors (Lipinski definition) is 3. The van der Waals surface area contributed by atoms with Gasteiger partial charge in [-0.15, -0.1) is 0 Å². The minimum absolute atomic E-state index is 0.162. The van der Waals surface area contributed by atoms with Crippen molar-refractivity contribution >= 4 is 17.0 Å². The first-order chi connectivity index (χ1) is 10.2. The van der Waals surface area contributed by atoms with Crippen LogP contribution in [0.4, 0.5) is 0 Å². The number of aromatic nitrogens is 1. The van der Waals surface area contributed by atoms with Gasteiger partial charge in [-0.3, -0.25) is 4.79 Å². The van der Waals surface area contributed by atoms with E-state index in [9.17, 15) is 9.90 Å². The average Bonchev–Trinajstić information content (AvgIpc) is 3.09. The largest absolute Gasteiger partial charge is 0.463 e. The Labute approximate surface area is 121 Å². The third-order valence-electron chi connectivity index (χ3n) is 3.54. The van der Waals surface area contributed by atoms with Crippen molar-refractivity contribution in [3.05, 3.63) is 60.0 Å². The summed E-state index contributed by atoms with van der Waals surface area (Å²) < 4.78 is 7.04. The number of aliphatic hydroxyl groups is 1. The lowest BCUT2D eigenvalue weighted by Crippen LogP contribution is -2.29. The number of amides is 1. The molecule has 3 rings (SSSR count). The Morgan fingerprint density at radius 1 is 1.33 bits per heavy atom.